The number of hydrogen-bond donors (Lipinski definition) is 1. The number of fused-ring (bicyclic) bond motifs is 1. The Morgan fingerprint density at radius 3 is 2.93 bits per heavy atom. The number of nitrogens with one attached hydrogen (secondary N) is 1. The van der Waals surface area contributed by atoms with E-state index in [1.807, 2.05) is 31.0 Å². The third-order valence-corrected chi connectivity index (χ3v) is 5.25. The van der Waals surface area contributed by atoms with E-state index >= 15 is 0 Å². The number of hydrogen-bond acceptors (Lipinski definition) is 6. The summed E-state index contributed by atoms with van der Waals surface area (Å²) < 4.78 is 5.19. The number of H-pyrrole nitrogens is 1. The molecule has 4 heterocycles. The van der Waals surface area contributed by atoms with Crippen molar-refractivity contribution in [3.05, 3.63) is 35.6 Å². The van der Waals surface area contributed by atoms with Crippen molar-refractivity contribution < 1.29 is 9.32 Å². The van der Waals surface area contributed by atoms with Gasteiger partial charge in [-0.15, -0.1) is 0 Å². The van der Waals surface area contributed by atoms with Gasteiger partial charge in [0.25, 0.3) is 0 Å². The first kappa shape index (κ1) is 17.5. The number of rotatable bonds is 4. The van der Waals surface area contributed by atoms with Crippen molar-refractivity contribution in [2.75, 3.05) is 31.1 Å². The first-order valence-corrected chi connectivity index (χ1v) is 9.36. The molecule has 1 aliphatic heterocycles. The van der Waals surface area contributed by atoms with Crippen LogP contribution in [0.15, 0.2) is 23.1 Å². The highest BCUT2D eigenvalue weighted by Crippen LogP contribution is 2.23. The molecule has 8 heteroatoms. The fourth-order valence-corrected chi connectivity index (χ4v) is 3.74. The number of aryl methyl sites for hydroxylation is 2. The number of carbonyl (C=O) groups is 1. The predicted molar refractivity (Wildman–Crippen MR) is 102 cm³/mol. The Kier molecular flexibility index (Phi) is 4.79. The van der Waals surface area contributed by atoms with E-state index in [2.05, 4.69) is 25.0 Å². The molecule has 0 spiro atoms. The summed E-state index contributed by atoms with van der Waals surface area (Å²) in [6.07, 6.45) is 5.55. The van der Waals surface area contributed by atoms with E-state index in [9.17, 15) is 4.79 Å². The number of carbonyl (C=O) groups excluding carboxylic acids is 1. The minimum Gasteiger partial charge on any atom is -0.361 e. The quantitative estimate of drug-likeness (QED) is 0.759. The second-order valence-corrected chi connectivity index (χ2v) is 6.96. The summed E-state index contributed by atoms with van der Waals surface area (Å²) in [6, 6.07) is 2.00. The second kappa shape index (κ2) is 7.38. The standard InChI is InChI=1S/C19H24N6O2/c1-13-15(14(2)27-23-13)4-5-17(26)24-8-3-9-25(11-10-24)19-16-6-7-20-18(16)21-12-22-19/h6-7,12H,3-5,8-11H2,1-2H3,(H,20,21,22). The molecule has 1 saturated heterocycles. The molecule has 0 atom stereocenters. The Balaban J connectivity index is 1.39. The fourth-order valence-electron chi connectivity index (χ4n) is 3.74. The van der Waals surface area contributed by atoms with Crippen LogP contribution in [-0.4, -0.2) is 57.1 Å². The normalized spacial score (nSPS) is 15.3. The van der Waals surface area contributed by atoms with E-state index in [0.29, 0.717) is 19.4 Å². The lowest BCUT2D eigenvalue weighted by atomic mass is 10.1. The number of nitrogens with zero attached hydrogens (tertiary/aromatic N) is 5. The van der Waals surface area contributed by atoms with E-state index in [-0.39, 0.29) is 5.91 Å². The van der Waals surface area contributed by atoms with Gasteiger partial charge in [0.1, 0.15) is 23.6 Å². The van der Waals surface area contributed by atoms with Gasteiger partial charge in [-0.1, -0.05) is 5.16 Å². The van der Waals surface area contributed by atoms with Gasteiger partial charge in [-0.05, 0) is 32.8 Å². The van der Waals surface area contributed by atoms with Gasteiger partial charge >= 0.3 is 0 Å². The van der Waals surface area contributed by atoms with Crippen LogP contribution in [0.2, 0.25) is 0 Å². The molecule has 0 unspecified atom stereocenters. The molecule has 1 fully saturated rings. The Morgan fingerprint density at radius 1 is 1.22 bits per heavy atom. The molecule has 1 amide bonds. The number of amides is 1. The molecular formula is C19H24N6O2. The lowest BCUT2D eigenvalue weighted by molar-refractivity contribution is -0.130. The van der Waals surface area contributed by atoms with Crippen LogP contribution >= 0.6 is 0 Å². The maximum absolute atomic E-state index is 12.7. The highest BCUT2D eigenvalue weighted by Gasteiger charge is 2.22. The van der Waals surface area contributed by atoms with Crippen LogP contribution in [0.3, 0.4) is 0 Å². The van der Waals surface area contributed by atoms with Crippen molar-refractivity contribution >= 4 is 22.8 Å². The average molecular weight is 368 g/mol. The summed E-state index contributed by atoms with van der Waals surface area (Å²) >= 11 is 0. The first-order chi connectivity index (χ1) is 13.1. The number of anilines is 1. The molecule has 0 aliphatic carbocycles. The van der Waals surface area contributed by atoms with Gasteiger partial charge in [-0.2, -0.15) is 0 Å². The van der Waals surface area contributed by atoms with Crippen LogP contribution in [-0.2, 0) is 11.2 Å². The van der Waals surface area contributed by atoms with Crippen LogP contribution < -0.4 is 4.90 Å². The molecule has 0 bridgehead atoms. The van der Waals surface area contributed by atoms with Crippen LogP contribution in [0.5, 0.6) is 0 Å². The lowest BCUT2D eigenvalue weighted by Gasteiger charge is -2.23. The first-order valence-electron chi connectivity index (χ1n) is 9.36. The van der Waals surface area contributed by atoms with E-state index in [1.54, 1.807) is 6.33 Å². The van der Waals surface area contributed by atoms with Crippen molar-refractivity contribution in [1.29, 1.82) is 0 Å². The zero-order chi connectivity index (χ0) is 18.8. The average Bonchev–Trinajstić information content (AvgIpc) is 3.18. The van der Waals surface area contributed by atoms with Crippen molar-refractivity contribution in [3.8, 4) is 0 Å². The maximum Gasteiger partial charge on any atom is 0.222 e. The minimum absolute atomic E-state index is 0.186. The Morgan fingerprint density at radius 2 is 2.11 bits per heavy atom. The number of aromatic nitrogens is 4. The molecule has 1 N–H and O–H groups in total. The van der Waals surface area contributed by atoms with Crippen LogP contribution in [0.1, 0.15) is 29.9 Å². The van der Waals surface area contributed by atoms with E-state index in [4.69, 9.17) is 4.52 Å². The third kappa shape index (κ3) is 3.51. The van der Waals surface area contributed by atoms with Crippen molar-refractivity contribution in [3.63, 3.8) is 0 Å². The zero-order valence-corrected chi connectivity index (χ0v) is 15.7. The molecular weight excluding hydrogens is 344 g/mol. The maximum atomic E-state index is 12.7. The van der Waals surface area contributed by atoms with Gasteiger partial charge in [-0.25, -0.2) is 9.97 Å². The summed E-state index contributed by atoms with van der Waals surface area (Å²) in [6.45, 7) is 6.95. The summed E-state index contributed by atoms with van der Waals surface area (Å²) in [7, 11) is 0. The van der Waals surface area contributed by atoms with Crippen LogP contribution in [0.25, 0.3) is 11.0 Å². The van der Waals surface area contributed by atoms with Gasteiger partial charge in [0, 0.05) is 44.4 Å². The Hall–Kier alpha value is -2.90. The van der Waals surface area contributed by atoms with Crippen molar-refractivity contribution in [1.82, 2.24) is 25.0 Å². The molecule has 1 aliphatic rings. The van der Waals surface area contributed by atoms with Gasteiger partial charge in [-0.3, -0.25) is 4.79 Å². The topological polar surface area (TPSA) is 91.2 Å². The Labute approximate surface area is 157 Å². The zero-order valence-electron chi connectivity index (χ0n) is 15.7. The van der Waals surface area contributed by atoms with E-state index < -0.39 is 0 Å². The molecule has 0 saturated carbocycles. The molecule has 27 heavy (non-hydrogen) atoms. The molecule has 3 aromatic heterocycles. The van der Waals surface area contributed by atoms with Gasteiger partial charge < -0.3 is 19.3 Å². The van der Waals surface area contributed by atoms with E-state index in [1.165, 1.54) is 0 Å². The SMILES string of the molecule is Cc1noc(C)c1CCC(=O)N1CCCN(c2ncnc3[nH]ccc23)CC1. The van der Waals surface area contributed by atoms with Gasteiger partial charge in [0.2, 0.25) is 5.91 Å². The van der Waals surface area contributed by atoms with Crippen LogP contribution in [0.4, 0.5) is 5.82 Å². The minimum atomic E-state index is 0.186. The molecule has 142 valence electrons. The fraction of sp³-hybridized carbons (Fsp3) is 0.474. The lowest BCUT2D eigenvalue weighted by Crippen LogP contribution is -2.35. The Bertz CT molecular complexity index is 927. The third-order valence-electron chi connectivity index (χ3n) is 5.25. The van der Waals surface area contributed by atoms with Gasteiger partial charge in [0.05, 0.1) is 11.1 Å². The van der Waals surface area contributed by atoms with E-state index in [0.717, 1.165) is 59.9 Å². The molecule has 3 aromatic rings. The number of aromatic amines is 1. The largest absolute Gasteiger partial charge is 0.361 e. The molecule has 0 radical (unpaired) electrons. The highest BCUT2D eigenvalue weighted by molar-refractivity contribution is 5.87. The van der Waals surface area contributed by atoms with Crippen LogP contribution in [0, 0.1) is 13.8 Å². The molecule has 8 nitrogen and oxygen atoms in total. The summed E-state index contributed by atoms with van der Waals surface area (Å²) in [5.41, 5.74) is 2.77. The predicted octanol–water partition coefficient (Wildman–Crippen LogP) is 2.23. The molecule has 0 aromatic carbocycles. The van der Waals surface area contributed by atoms with Gasteiger partial charge in [0.15, 0.2) is 0 Å². The summed E-state index contributed by atoms with van der Waals surface area (Å²) in [5.74, 6) is 1.93. The summed E-state index contributed by atoms with van der Waals surface area (Å²) in [5, 5.41) is 4.99. The monoisotopic (exact) mass is 368 g/mol. The molecule has 4 rings (SSSR count). The summed E-state index contributed by atoms with van der Waals surface area (Å²) in [4.78, 5) is 28.8. The second-order valence-electron chi connectivity index (χ2n) is 6.96. The van der Waals surface area contributed by atoms with Crippen molar-refractivity contribution in [2.24, 2.45) is 0 Å². The smallest absolute Gasteiger partial charge is 0.222 e. The van der Waals surface area contributed by atoms with Crippen molar-refractivity contribution in [2.45, 2.75) is 33.1 Å². The highest BCUT2D eigenvalue weighted by atomic mass is 16.5.